The van der Waals surface area contributed by atoms with Crippen molar-refractivity contribution >= 4 is 46.5 Å². The standard InChI is InChI=1S/C25H37BrN6OSi/c1-18-14-31(15-19(2)29-18)23-8-6-7-20(30-23)13-28-22-9-10-27-25-24(22)21(26)16-32(25)17-33-11-12-34(3,4)5/h6-10,16,18-19,29H,11-15,17H2,1-5H3,(H,27,28)/t18-,19+. The summed E-state index contributed by atoms with van der Waals surface area (Å²) in [6.45, 7) is 15.4. The van der Waals surface area contributed by atoms with E-state index in [1.54, 1.807) is 0 Å². The van der Waals surface area contributed by atoms with Crippen LogP contribution in [0.15, 0.2) is 41.1 Å². The van der Waals surface area contributed by atoms with Gasteiger partial charge in [0.15, 0.2) is 0 Å². The molecule has 0 radical (unpaired) electrons. The van der Waals surface area contributed by atoms with Gasteiger partial charge < -0.3 is 24.8 Å². The summed E-state index contributed by atoms with van der Waals surface area (Å²) in [4.78, 5) is 11.9. The van der Waals surface area contributed by atoms with Gasteiger partial charge in [0.1, 0.15) is 18.2 Å². The van der Waals surface area contributed by atoms with E-state index in [0.717, 1.165) is 58.4 Å². The molecule has 1 saturated heterocycles. The first-order valence-electron chi connectivity index (χ1n) is 12.1. The van der Waals surface area contributed by atoms with Crippen LogP contribution in [0.1, 0.15) is 19.5 Å². The normalized spacial score (nSPS) is 19.1. The van der Waals surface area contributed by atoms with Crippen molar-refractivity contribution in [1.82, 2.24) is 19.9 Å². The third kappa shape index (κ3) is 6.38. The lowest BCUT2D eigenvalue weighted by atomic mass is 10.1. The summed E-state index contributed by atoms with van der Waals surface area (Å²) in [6, 6.07) is 10.4. The molecule has 0 saturated carbocycles. The number of ether oxygens (including phenoxy) is 1. The molecule has 0 amide bonds. The van der Waals surface area contributed by atoms with E-state index >= 15 is 0 Å². The second-order valence-electron chi connectivity index (χ2n) is 10.6. The van der Waals surface area contributed by atoms with Gasteiger partial charge in [-0.05, 0) is 54.0 Å². The second kappa shape index (κ2) is 10.8. The van der Waals surface area contributed by atoms with Gasteiger partial charge >= 0.3 is 0 Å². The highest BCUT2D eigenvalue weighted by Crippen LogP contribution is 2.31. The second-order valence-corrected chi connectivity index (χ2v) is 17.0. The zero-order valence-electron chi connectivity index (χ0n) is 20.9. The van der Waals surface area contributed by atoms with Crippen molar-refractivity contribution in [3.05, 3.63) is 46.8 Å². The van der Waals surface area contributed by atoms with Gasteiger partial charge in [-0.2, -0.15) is 0 Å². The monoisotopic (exact) mass is 544 g/mol. The molecule has 0 bridgehead atoms. The predicted octanol–water partition coefficient (Wildman–Crippen LogP) is 5.30. The Morgan fingerprint density at radius 1 is 1.18 bits per heavy atom. The maximum absolute atomic E-state index is 5.97. The number of halogens is 1. The summed E-state index contributed by atoms with van der Waals surface area (Å²) in [5.74, 6) is 1.04. The van der Waals surface area contributed by atoms with Crippen LogP contribution >= 0.6 is 15.9 Å². The van der Waals surface area contributed by atoms with Crippen LogP contribution in [0.4, 0.5) is 11.5 Å². The molecule has 4 rings (SSSR count). The smallest absolute Gasteiger partial charge is 0.145 e. The van der Waals surface area contributed by atoms with E-state index in [1.807, 2.05) is 12.3 Å². The SMILES string of the molecule is C[C@@H]1CN(c2cccc(CNc3ccnc4c3c(Br)cn4COCC[Si](C)(C)C)n2)C[C@H](C)N1. The number of anilines is 2. The van der Waals surface area contributed by atoms with Crippen molar-refractivity contribution in [1.29, 1.82) is 0 Å². The fraction of sp³-hybridized carbons (Fsp3) is 0.520. The van der Waals surface area contributed by atoms with E-state index in [2.05, 4.69) is 98.9 Å². The summed E-state index contributed by atoms with van der Waals surface area (Å²) in [5, 5.41) is 8.23. The fourth-order valence-corrected chi connectivity index (χ4v) is 5.79. The van der Waals surface area contributed by atoms with Crippen LogP contribution in [-0.4, -0.2) is 54.4 Å². The van der Waals surface area contributed by atoms with Gasteiger partial charge in [-0.15, -0.1) is 0 Å². The van der Waals surface area contributed by atoms with Gasteiger partial charge in [-0.3, -0.25) is 0 Å². The third-order valence-corrected chi connectivity index (χ3v) is 8.38. The van der Waals surface area contributed by atoms with Gasteiger partial charge in [0.25, 0.3) is 0 Å². The molecule has 0 aliphatic carbocycles. The van der Waals surface area contributed by atoms with Crippen molar-refractivity contribution in [3.8, 4) is 0 Å². The van der Waals surface area contributed by atoms with Gasteiger partial charge in [0.05, 0.1) is 17.6 Å². The van der Waals surface area contributed by atoms with Crippen LogP contribution < -0.4 is 15.5 Å². The molecule has 3 aromatic heterocycles. The average Bonchev–Trinajstić information content (AvgIpc) is 3.10. The topological polar surface area (TPSA) is 67.2 Å². The van der Waals surface area contributed by atoms with E-state index < -0.39 is 8.07 Å². The van der Waals surface area contributed by atoms with Gasteiger partial charge in [-0.25, -0.2) is 9.97 Å². The Labute approximate surface area is 212 Å². The summed E-state index contributed by atoms with van der Waals surface area (Å²) < 4.78 is 9.05. The number of nitrogens with zero attached hydrogens (tertiary/aromatic N) is 4. The summed E-state index contributed by atoms with van der Waals surface area (Å²) >= 11 is 3.73. The Bertz CT molecular complexity index is 1100. The van der Waals surface area contributed by atoms with Crippen LogP contribution in [0, 0.1) is 0 Å². The molecule has 3 aromatic rings. The van der Waals surface area contributed by atoms with Crippen LogP contribution in [-0.2, 0) is 18.0 Å². The molecule has 4 heterocycles. The molecule has 7 nitrogen and oxygen atoms in total. The van der Waals surface area contributed by atoms with Crippen molar-refractivity contribution in [2.75, 3.05) is 29.9 Å². The highest BCUT2D eigenvalue weighted by atomic mass is 79.9. The van der Waals surface area contributed by atoms with E-state index in [4.69, 9.17) is 9.72 Å². The summed E-state index contributed by atoms with van der Waals surface area (Å²) in [7, 11) is -1.10. The number of hydrogen-bond donors (Lipinski definition) is 2. The van der Waals surface area contributed by atoms with Crippen LogP contribution in [0.25, 0.3) is 11.0 Å². The Morgan fingerprint density at radius 2 is 1.94 bits per heavy atom. The molecule has 9 heteroatoms. The van der Waals surface area contributed by atoms with Gasteiger partial charge in [0, 0.05) is 62.4 Å². The molecule has 1 aliphatic heterocycles. The first-order chi connectivity index (χ1) is 16.2. The van der Waals surface area contributed by atoms with Crippen molar-refractivity contribution in [3.63, 3.8) is 0 Å². The zero-order valence-corrected chi connectivity index (χ0v) is 23.5. The number of aromatic nitrogens is 3. The van der Waals surface area contributed by atoms with Crippen molar-refractivity contribution in [2.45, 2.75) is 64.9 Å². The summed E-state index contributed by atoms with van der Waals surface area (Å²) in [6.07, 6.45) is 3.91. The number of piperazine rings is 1. The Balaban J connectivity index is 1.44. The molecule has 34 heavy (non-hydrogen) atoms. The molecule has 0 unspecified atom stereocenters. The number of rotatable bonds is 9. The summed E-state index contributed by atoms with van der Waals surface area (Å²) in [5.41, 5.74) is 2.97. The highest BCUT2D eigenvalue weighted by Gasteiger charge is 2.22. The average molecular weight is 546 g/mol. The van der Waals surface area contributed by atoms with E-state index in [-0.39, 0.29) is 0 Å². The van der Waals surface area contributed by atoms with Crippen molar-refractivity contribution in [2.24, 2.45) is 0 Å². The highest BCUT2D eigenvalue weighted by molar-refractivity contribution is 9.10. The molecule has 2 atom stereocenters. The minimum absolute atomic E-state index is 0.457. The fourth-order valence-electron chi connectivity index (χ4n) is 4.39. The lowest BCUT2D eigenvalue weighted by Gasteiger charge is -2.37. The maximum atomic E-state index is 5.97. The lowest BCUT2D eigenvalue weighted by Crippen LogP contribution is -2.54. The Hall–Kier alpha value is -1.94. The lowest BCUT2D eigenvalue weighted by molar-refractivity contribution is 0.0898. The van der Waals surface area contributed by atoms with Crippen LogP contribution in [0.2, 0.25) is 25.7 Å². The maximum Gasteiger partial charge on any atom is 0.145 e. The molecule has 1 fully saturated rings. The Kier molecular flexibility index (Phi) is 7.96. The third-order valence-electron chi connectivity index (χ3n) is 6.07. The number of nitrogens with one attached hydrogen (secondary N) is 2. The Morgan fingerprint density at radius 3 is 2.68 bits per heavy atom. The number of hydrogen-bond acceptors (Lipinski definition) is 6. The van der Waals surface area contributed by atoms with Crippen LogP contribution in [0.5, 0.6) is 0 Å². The van der Waals surface area contributed by atoms with Crippen LogP contribution in [0.3, 0.4) is 0 Å². The molecule has 2 N–H and O–H groups in total. The molecule has 184 valence electrons. The van der Waals surface area contributed by atoms with Crippen molar-refractivity contribution < 1.29 is 4.74 Å². The van der Waals surface area contributed by atoms with E-state index in [1.165, 1.54) is 0 Å². The minimum Gasteiger partial charge on any atom is -0.379 e. The number of pyridine rings is 2. The van der Waals surface area contributed by atoms with Gasteiger partial charge in [0.2, 0.25) is 0 Å². The van der Waals surface area contributed by atoms with Gasteiger partial charge in [-0.1, -0.05) is 25.7 Å². The quantitative estimate of drug-likeness (QED) is 0.281. The predicted molar refractivity (Wildman–Crippen MR) is 147 cm³/mol. The first-order valence-corrected chi connectivity index (χ1v) is 16.6. The zero-order chi connectivity index (χ0) is 24.3. The van der Waals surface area contributed by atoms with E-state index in [0.29, 0.717) is 25.4 Å². The largest absolute Gasteiger partial charge is 0.379 e. The molecule has 1 aliphatic rings. The van der Waals surface area contributed by atoms with E-state index in [9.17, 15) is 0 Å². The number of fused-ring (bicyclic) bond motifs is 1. The molecule has 0 aromatic carbocycles. The molecular weight excluding hydrogens is 508 g/mol. The molecule has 0 spiro atoms. The first kappa shape index (κ1) is 25.2. The molecular formula is C25H37BrN6OSi. The minimum atomic E-state index is -1.10.